The van der Waals surface area contributed by atoms with Crippen LogP contribution < -0.4 is 10.6 Å². The van der Waals surface area contributed by atoms with E-state index in [9.17, 15) is 9.18 Å². The van der Waals surface area contributed by atoms with Gasteiger partial charge in [-0.3, -0.25) is 4.79 Å². The van der Waals surface area contributed by atoms with Crippen LogP contribution in [-0.4, -0.2) is 61.8 Å². The maximum absolute atomic E-state index is 14.7. The van der Waals surface area contributed by atoms with E-state index >= 15 is 0 Å². The van der Waals surface area contributed by atoms with Crippen molar-refractivity contribution in [1.29, 1.82) is 0 Å². The SMILES string of the molecule is COC1(OC)CC(C(=O)Nc2cc(Nc3cc(-c4cc(Cl)ccc4F)nnc3SCCO[Si](C)(C)C(C)(C)C)ccn2)C1. The Hall–Kier alpha value is -2.61. The van der Waals surface area contributed by atoms with E-state index in [0.717, 1.165) is 0 Å². The third kappa shape index (κ3) is 8.11. The predicted molar refractivity (Wildman–Crippen MR) is 172 cm³/mol. The van der Waals surface area contributed by atoms with Crippen LogP contribution in [-0.2, 0) is 18.7 Å². The van der Waals surface area contributed by atoms with Gasteiger partial charge in [-0.1, -0.05) is 32.4 Å². The lowest BCUT2D eigenvalue weighted by Crippen LogP contribution is -2.51. The van der Waals surface area contributed by atoms with Crippen LogP contribution in [0.3, 0.4) is 0 Å². The lowest BCUT2D eigenvalue weighted by Gasteiger charge is -2.44. The van der Waals surface area contributed by atoms with E-state index in [1.54, 1.807) is 38.6 Å². The molecule has 1 aromatic carbocycles. The molecule has 43 heavy (non-hydrogen) atoms. The first kappa shape index (κ1) is 33.3. The molecule has 2 aromatic heterocycles. The van der Waals surface area contributed by atoms with Crippen molar-refractivity contribution >= 4 is 54.8 Å². The predicted octanol–water partition coefficient (Wildman–Crippen LogP) is 7.53. The van der Waals surface area contributed by atoms with Gasteiger partial charge in [0.05, 0.1) is 11.4 Å². The van der Waals surface area contributed by atoms with E-state index in [4.69, 9.17) is 25.5 Å². The van der Waals surface area contributed by atoms with Crippen molar-refractivity contribution in [2.45, 2.75) is 62.6 Å². The molecule has 0 bridgehead atoms. The van der Waals surface area contributed by atoms with Gasteiger partial charge < -0.3 is 24.5 Å². The Balaban J connectivity index is 1.53. The molecule has 3 aromatic rings. The number of hydrogen-bond donors (Lipinski definition) is 2. The second-order valence-corrected chi connectivity index (χ2v) is 18.3. The highest BCUT2D eigenvalue weighted by Crippen LogP contribution is 2.42. The molecular formula is C30H39ClFN5O4SSi. The maximum Gasteiger partial charge on any atom is 0.229 e. The molecule has 0 spiro atoms. The molecule has 2 N–H and O–H groups in total. The van der Waals surface area contributed by atoms with Crippen LogP contribution in [0.2, 0.25) is 23.2 Å². The molecule has 1 aliphatic rings. The minimum absolute atomic E-state index is 0.108. The van der Waals surface area contributed by atoms with E-state index in [1.165, 1.54) is 30.0 Å². The number of ether oxygens (including phenoxy) is 2. The van der Waals surface area contributed by atoms with E-state index in [1.807, 2.05) is 0 Å². The molecule has 9 nitrogen and oxygen atoms in total. The van der Waals surface area contributed by atoms with Gasteiger partial charge in [0.25, 0.3) is 0 Å². The van der Waals surface area contributed by atoms with Gasteiger partial charge in [0.1, 0.15) is 16.7 Å². The number of halogens is 2. The Morgan fingerprint density at radius 3 is 2.53 bits per heavy atom. The summed E-state index contributed by atoms with van der Waals surface area (Å²) in [6, 6.07) is 9.55. The van der Waals surface area contributed by atoms with Crippen LogP contribution in [0, 0.1) is 11.7 Å². The Morgan fingerprint density at radius 1 is 1.14 bits per heavy atom. The summed E-state index contributed by atoms with van der Waals surface area (Å²) in [5.41, 5.74) is 1.85. The zero-order valence-electron chi connectivity index (χ0n) is 25.6. The number of aromatic nitrogens is 3. The van der Waals surface area contributed by atoms with Crippen molar-refractivity contribution in [3.8, 4) is 11.3 Å². The van der Waals surface area contributed by atoms with Crippen LogP contribution in [0.4, 0.5) is 21.6 Å². The van der Waals surface area contributed by atoms with E-state index in [0.29, 0.717) is 58.1 Å². The second kappa shape index (κ2) is 13.6. The number of thioether (sulfide) groups is 1. The number of methoxy groups -OCH3 is 2. The number of nitrogens with one attached hydrogen (secondary N) is 2. The molecule has 4 rings (SSSR count). The summed E-state index contributed by atoms with van der Waals surface area (Å²) in [6.45, 7) is 11.6. The number of carbonyl (C=O) groups excluding carboxylic acids is 1. The van der Waals surface area contributed by atoms with Crippen molar-refractivity contribution < 1.29 is 23.1 Å². The number of nitrogens with zero attached hydrogens (tertiary/aromatic N) is 3. The summed E-state index contributed by atoms with van der Waals surface area (Å²) in [6.07, 6.45) is 2.53. The molecule has 1 amide bonds. The Kier molecular flexibility index (Phi) is 10.5. The fraction of sp³-hybridized carbons (Fsp3) is 0.467. The number of rotatable bonds is 12. The molecule has 232 valence electrons. The molecule has 1 fully saturated rings. The molecule has 0 unspecified atom stereocenters. The molecule has 0 saturated heterocycles. The van der Waals surface area contributed by atoms with E-state index in [2.05, 4.69) is 59.7 Å². The first-order valence-electron chi connectivity index (χ1n) is 14.0. The minimum atomic E-state index is -1.90. The number of pyridine rings is 1. The van der Waals surface area contributed by atoms with Crippen LogP contribution in [0.1, 0.15) is 33.6 Å². The normalized spacial score (nSPS) is 15.2. The molecule has 1 saturated carbocycles. The van der Waals surface area contributed by atoms with Gasteiger partial charge in [-0.2, -0.15) is 0 Å². The molecular weight excluding hydrogens is 609 g/mol. The number of amides is 1. The standard InChI is InChI=1S/C30H39ClFN5O4SSi/c1-29(2,3)43(6,7)41-12-13-42-28-25(16-24(36-37-28)22-14-20(31)8-9-23(22)32)34-21-10-11-33-26(15-21)35-27(38)19-17-30(18-19,39-4)40-5/h8-11,14-16,19H,12-13,17-18H2,1-7H3,(H2,33,34,35,36,38). The van der Waals surface area contributed by atoms with Crippen LogP contribution >= 0.6 is 23.4 Å². The van der Waals surface area contributed by atoms with Gasteiger partial charge in [-0.25, -0.2) is 9.37 Å². The zero-order chi connectivity index (χ0) is 31.4. The van der Waals surface area contributed by atoms with Gasteiger partial charge in [-0.05, 0) is 48.5 Å². The van der Waals surface area contributed by atoms with Gasteiger partial charge >= 0.3 is 0 Å². The van der Waals surface area contributed by atoms with Crippen molar-refractivity contribution in [2.75, 3.05) is 37.2 Å². The summed E-state index contributed by atoms with van der Waals surface area (Å²) in [7, 11) is 1.25. The van der Waals surface area contributed by atoms with Crippen molar-refractivity contribution in [3.63, 3.8) is 0 Å². The van der Waals surface area contributed by atoms with Gasteiger partial charge in [-0.15, -0.1) is 22.0 Å². The Labute approximate surface area is 262 Å². The van der Waals surface area contributed by atoms with Crippen LogP contribution in [0.5, 0.6) is 0 Å². The highest BCUT2D eigenvalue weighted by atomic mass is 35.5. The molecule has 0 atom stereocenters. The largest absolute Gasteiger partial charge is 0.416 e. The average Bonchev–Trinajstić information content (AvgIpc) is 2.92. The quantitative estimate of drug-likeness (QED) is 0.0893. The van der Waals surface area contributed by atoms with E-state index < -0.39 is 19.9 Å². The molecule has 1 aliphatic carbocycles. The van der Waals surface area contributed by atoms with Gasteiger partial charge in [0.2, 0.25) is 5.91 Å². The summed E-state index contributed by atoms with van der Waals surface area (Å²) >= 11 is 7.64. The number of benzene rings is 1. The van der Waals surface area contributed by atoms with Crippen molar-refractivity contribution in [2.24, 2.45) is 5.92 Å². The lowest BCUT2D eigenvalue weighted by molar-refractivity contribution is -0.265. The fourth-order valence-corrected chi connectivity index (χ4v) is 6.40. The first-order chi connectivity index (χ1) is 20.3. The second-order valence-electron chi connectivity index (χ2n) is 12.0. The number of anilines is 3. The Bertz CT molecular complexity index is 1450. The third-order valence-electron chi connectivity index (χ3n) is 8.08. The highest BCUT2D eigenvalue weighted by molar-refractivity contribution is 7.99. The molecule has 13 heteroatoms. The number of carbonyl (C=O) groups is 1. The monoisotopic (exact) mass is 647 g/mol. The molecule has 2 heterocycles. The van der Waals surface area contributed by atoms with Crippen molar-refractivity contribution in [1.82, 2.24) is 15.2 Å². The van der Waals surface area contributed by atoms with E-state index in [-0.39, 0.29) is 22.4 Å². The maximum atomic E-state index is 14.7. The van der Waals surface area contributed by atoms with Crippen LogP contribution in [0.25, 0.3) is 11.3 Å². The summed E-state index contributed by atoms with van der Waals surface area (Å²) in [5, 5.41) is 16.1. The summed E-state index contributed by atoms with van der Waals surface area (Å²) in [5.74, 6) is -0.515. The minimum Gasteiger partial charge on any atom is -0.416 e. The van der Waals surface area contributed by atoms with Gasteiger partial charge in [0.15, 0.2) is 14.1 Å². The summed E-state index contributed by atoms with van der Waals surface area (Å²) < 4.78 is 31.8. The zero-order valence-corrected chi connectivity index (χ0v) is 28.2. The third-order valence-corrected chi connectivity index (χ3v) is 13.8. The van der Waals surface area contributed by atoms with Crippen molar-refractivity contribution in [3.05, 3.63) is 53.4 Å². The topological polar surface area (TPSA) is 107 Å². The summed E-state index contributed by atoms with van der Waals surface area (Å²) in [4.78, 5) is 17.1. The average molecular weight is 648 g/mol. The smallest absolute Gasteiger partial charge is 0.229 e. The molecule has 0 aliphatic heterocycles. The first-order valence-corrected chi connectivity index (χ1v) is 18.3. The highest BCUT2D eigenvalue weighted by Gasteiger charge is 2.48. The lowest BCUT2D eigenvalue weighted by atomic mass is 9.78. The number of hydrogen-bond acceptors (Lipinski definition) is 9. The fourth-order valence-electron chi connectivity index (χ4n) is 4.31. The Morgan fingerprint density at radius 2 is 1.86 bits per heavy atom. The van der Waals surface area contributed by atoms with Gasteiger partial charge in [0, 0.05) is 73.9 Å². The van der Waals surface area contributed by atoms with Crippen LogP contribution in [0.15, 0.2) is 47.6 Å². The molecule has 0 radical (unpaired) electrons.